The Hall–Kier alpha value is -2.87. The molecule has 0 aliphatic rings. The maximum Gasteiger partial charge on any atom is 0.261 e. The van der Waals surface area contributed by atoms with Crippen LogP contribution in [0.15, 0.2) is 47.4 Å². The minimum Gasteiger partial charge on any atom is -0.366 e. The molecule has 0 radical (unpaired) electrons. The van der Waals surface area contributed by atoms with E-state index in [4.69, 9.17) is 5.73 Å². The highest BCUT2D eigenvalue weighted by Crippen LogP contribution is 2.19. The average Bonchev–Trinajstić information content (AvgIpc) is 2.54. The van der Waals surface area contributed by atoms with Crippen LogP contribution >= 0.6 is 0 Å². The number of nitrogens with one attached hydrogen (secondary N) is 2. The van der Waals surface area contributed by atoms with E-state index in [0.29, 0.717) is 5.56 Å². The molecule has 4 N–H and O–H groups in total. The maximum atomic E-state index is 12.5. The van der Waals surface area contributed by atoms with Gasteiger partial charge in [-0.05, 0) is 48.9 Å². The fourth-order valence-electron chi connectivity index (χ4n) is 2.06. The minimum absolute atomic E-state index is 0.0364. The summed E-state index contributed by atoms with van der Waals surface area (Å²) in [6.07, 6.45) is 0. The number of rotatable bonds is 5. The zero-order valence-corrected chi connectivity index (χ0v) is 14.0. The topological polar surface area (TPSA) is 118 Å². The summed E-state index contributed by atoms with van der Waals surface area (Å²) in [7, 11) is -2.40. The third kappa shape index (κ3) is 3.72. The molecule has 0 saturated carbocycles. The summed E-state index contributed by atoms with van der Waals surface area (Å²) in [6.45, 7) is 1.72. The molecule has 0 aliphatic heterocycles. The van der Waals surface area contributed by atoms with E-state index in [0.717, 1.165) is 0 Å². The van der Waals surface area contributed by atoms with E-state index in [1.54, 1.807) is 13.0 Å². The Morgan fingerprint density at radius 1 is 1.04 bits per heavy atom. The Balaban J connectivity index is 2.33. The molecule has 0 atom stereocenters. The van der Waals surface area contributed by atoms with Crippen LogP contribution in [0.5, 0.6) is 0 Å². The quantitative estimate of drug-likeness (QED) is 0.754. The van der Waals surface area contributed by atoms with Crippen LogP contribution in [0.1, 0.15) is 26.3 Å². The largest absolute Gasteiger partial charge is 0.366 e. The molecule has 0 unspecified atom stereocenters. The van der Waals surface area contributed by atoms with Gasteiger partial charge in [0, 0.05) is 23.9 Å². The number of anilines is 1. The Bertz CT molecular complexity index is 890. The average molecular weight is 347 g/mol. The zero-order valence-electron chi connectivity index (χ0n) is 13.2. The molecular weight excluding hydrogens is 330 g/mol. The van der Waals surface area contributed by atoms with Gasteiger partial charge in [0.25, 0.3) is 15.9 Å². The third-order valence-electron chi connectivity index (χ3n) is 3.41. The number of sulfonamides is 1. The summed E-state index contributed by atoms with van der Waals surface area (Å²) < 4.78 is 27.3. The molecule has 0 fully saturated rings. The molecule has 0 saturated heterocycles. The van der Waals surface area contributed by atoms with Gasteiger partial charge in [0.1, 0.15) is 0 Å². The van der Waals surface area contributed by atoms with Crippen LogP contribution in [0.4, 0.5) is 5.69 Å². The van der Waals surface area contributed by atoms with Gasteiger partial charge in [-0.2, -0.15) is 0 Å². The van der Waals surface area contributed by atoms with E-state index in [2.05, 4.69) is 10.0 Å². The predicted molar refractivity (Wildman–Crippen MR) is 90.3 cm³/mol. The highest BCUT2D eigenvalue weighted by molar-refractivity contribution is 7.92. The number of carbonyl (C=O) groups is 2. The van der Waals surface area contributed by atoms with Crippen LogP contribution in [0.3, 0.4) is 0 Å². The summed E-state index contributed by atoms with van der Waals surface area (Å²) >= 11 is 0. The van der Waals surface area contributed by atoms with Gasteiger partial charge < -0.3 is 11.1 Å². The minimum atomic E-state index is -3.87. The van der Waals surface area contributed by atoms with E-state index in [1.165, 1.54) is 43.4 Å². The highest BCUT2D eigenvalue weighted by atomic mass is 32.2. The van der Waals surface area contributed by atoms with Gasteiger partial charge in [0.15, 0.2) is 0 Å². The highest BCUT2D eigenvalue weighted by Gasteiger charge is 2.18. The monoisotopic (exact) mass is 347 g/mol. The first-order chi connectivity index (χ1) is 11.2. The normalized spacial score (nSPS) is 10.9. The number of carbonyl (C=O) groups excluding carboxylic acids is 2. The van der Waals surface area contributed by atoms with Crippen molar-refractivity contribution < 1.29 is 18.0 Å². The SMILES string of the molecule is CNC(=O)c1cc(S(=O)(=O)Nc2ccc(C(N)=O)cc2)ccc1C. The molecule has 7 nitrogen and oxygen atoms in total. The van der Waals surface area contributed by atoms with Gasteiger partial charge in [-0.1, -0.05) is 6.07 Å². The van der Waals surface area contributed by atoms with Gasteiger partial charge in [0.05, 0.1) is 4.90 Å². The van der Waals surface area contributed by atoms with Crippen molar-refractivity contribution in [1.82, 2.24) is 5.32 Å². The molecule has 24 heavy (non-hydrogen) atoms. The Morgan fingerprint density at radius 2 is 1.67 bits per heavy atom. The van der Waals surface area contributed by atoms with Crippen LogP contribution in [0, 0.1) is 6.92 Å². The van der Waals surface area contributed by atoms with Crippen molar-refractivity contribution >= 4 is 27.5 Å². The van der Waals surface area contributed by atoms with Crippen LogP contribution < -0.4 is 15.8 Å². The lowest BCUT2D eigenvalue weighted by molar-refractivity contribution is 0.0960. The fourth-order valence-corrected chi connectivity index (χ4v) is 3.15. The van der Waals surface area contributed by atoms with Crippen molar-refractivity contribution in [2.75, 3.05) is 11.8 Å². The summed E-state index contributed by atoms with van der Waals surface area (Å²) in [5.74, 6) is -0.964. The number of aryl methyl sites for hydroxylation is 1. The molecule has 2 aromatic rings. The number of amides is 2. The lowest BCUT2D eigenvalue weighted by Gasteiger charge is -2.11. The molecule has 0 heterocycles. The smallest absolute Gasteiger partial charge is 0.261 e. The number of benzene rings is 2. The van der Waals surface area contributed by atoms with E-state index in [1.807, 2.05) is 0 Å². The van der Waals surface area contributed by atoms with Crippen molar-refractivity contribution in [3.05, 3.63) is 59.2 Å². The molecule has 2 rings (SSSR count). The van der Waals surface area contributed by atoms with Gasteiger partial charge in [0.2, 0.25) is 5.91 Å². The van der Waals surface area contributed by atoms with Crippen LogP contribution in [0.2, 0.25) is 0 Å². The molecule has 8 heteroatoms. The van der Waals surface area contributed by atoms with Crippen molar-refractivity contribution in [3.8, 4) is 0 Å². The lowest BCUT2D eigenvalue weighted by atomic mass is 10.1. The second-order valence-corrected chi connectivity index (χ2v) is 6.79. The Kier molecular flexibility index (Phi) is 4.89. The first-order valence-corrected chi connectivity index (χ1v) is 8.48. The first kappa shape index (κ1) is 17.5. The van der Waals surface area contributed by atoms with Crippen LogP contribution in [-0.2, 0) is 10.0 Å². The summed E-state index contributed by atoms with van der Waals surface area (Å²) in [4.78, 5) is 22.8. The second-order valence-electron chi connectivity index (χ2n) is 5.10. The molecule has 0 aromatic heterocycles. The number of nitrogens with two attached hydrogens (primary N) is 1. The van der Waals surface area contributed by atoms with Gasteiger partial charge in [-0.15, -0.1) is 0 Å². The molecule has 2 aromatic carbocycles. The standard InChI is InChI=1S/C16H17N3O4S/c1-10-3-8-13(9-14(10)16(21)18-2)24(22,23)19-12-6-4-11(5-7-12)15(17)20/h3-9,19H,1-2H3,(H2,17,20)(H,18,21). The predicted octanol–water partition coefficient (Wildman–Crippen LogP) is 1.25. The van der Waals surface area contributed by atoms with E-state index in [9.17, 15) is 18.0 Å². The van der Waals surface area contributed by atoms with E-state index >= 15 is 0 Å². The number of hydrogen-bond acceptors (Lipinski definition) is 4. The lowest BCUT2D eigenvalue weighted by Crippen LogP contribution is -2.20. The number of hydrogen-bond donors (Lipinski definition) is 3. The van der Waals surface area contributed by atoms with Gasteiger partial charge in [-0.3, -0.25) is 14.3 Å². The van der Waals surface area contributed by atoms with E-state index in [-0.39, 0.29) is 27.6 Å². The summed E-state index contributed by atoms with van der Waals surface area (Å²) in [5.41, 5.74) is 6.64. The van der Waals surface area contributed by atoms with Crippen molar-refractivity contribution in [2.24, 2.45) is 5.73 Å². The molecule has 0 bridgehead atoms. The summed E-state index contributed by atoms with van der Waals surface area (Å²) in [6, 6.07) is 10.0. The number of primary amides is 1. The fraction of sp³-hybridized carbons (Fsp3) is 0.125. The van der Waals surface area contributed by atoms with Crippen molar-refractivity contribution in [2.45, 2.75) is 11.8 Å². The van der Waals surface area contributed by atoms with Crippen LogP contribution in [0.25, 0.3) is 0 Å². The van der Waals surface area contributed by atoms with Crippen molar-refractivity contribution in [1.29, 1.82) is 0 Å². The maximum absolute atomic E-state index is 12.5. The summed E-state index contributed by atoms with van der Waals surface area (Å²) in [5, 5.41) is 2.47. The molecular formula is C16H17N3O4S. The third-order valence-corrected chi connectivity index (χ3v) is 4.79. The molecule has 126 valence electrons. The van der Waals surface area contributed by atoms with E-state index < -0.39 is 15.9 Å². The van der Waals surface area contributed by atoms with Crippen molar-refractivity contribution in [3.63, 3.8) is 0 Å². The molecule has 0 spiro atoms. The van der Waals surface area contributed by atoms with Crippen LogP contribution in [-0.4, -0.2) is 27.3 Å². The van der Waals surface area contributed by atoms with Gasteiger partial charge >= 0.3 is 0 Å². The first-order valence-electron chi connectivity index (χ1n) is 7.00. The molecule has 2 amide bonds. The Labute approximate surface area is 139 Å². The molecule has 0 aliphatic carbocycles. The van der Waals surface area contributed by atoms with Gasteiger partial charge in [-0.25, -0.2) is 8.42 Å². The second kappa shape index (κ2) is 6.71. The zero-order chi connectivity index (χ0) is 17.9. The Morgan fingerprint density at radius 3 is 2.21 bits per heavy atom.